The summed E-state index contributed by atoms with van der Waals surface area (Å²) >= 11 is 3.15. The lowest BCUT2D eigenvalue weighted by Crippen LogP contribution is -2.57. The summed E-state index contributed by atoms with van der Waals surface area (Å²) in [6.45, 7) is 7.06. The molecule has 1 unspecified atom stereocenters. The van der Waals surface area contributed by atoms with Crippen molar-refractivity contribution in [1.29, 1.82) is 0 Å². The SMILES string of the molecule is CCNc1cccc(C(=O)Nc2c(Br)cc(C(CC)(C(F)(F)CC)C(F)(F)CC)cc2OC(F)CC)c1F. The summed E-state index contributed by atoms with van der Waals surface area (Å²) in [5.41, 5.74) is -3.92. The maximum atomic E-state index is 15.4. The van der Waals surface area contributed by atoms with E-state index in [2.05, 4.69) is 26.6 Å². The van der Waals surface area contributed by atoms with Gasteiger partial charge in [-0.2, -0.15) is 0 Å². The Morgan fingerprint density at radius 1 is 1.00 bits per heavy atom. The van der Waals surface area contributed by atoms with Crippen molar-refractivity contribution in [1.82, 2.24) is 0 Å². The molecule has 38 heavy (non-hydrogen) atoms. The molecule has 0 fully saturated rings. The molecule has 2 aromatic carbocycles. The number of amides is 1. The average Bonchev–Trinajstić information content (AvgIpc) is 2.87. The number of hydrogen-bond acceptors (Lipinski definition) is 3. The van der Waals surface area contributed by atoms with Gasteiger partial charge in [0.1, 0.15) is 11.2 Å². The van der Waals surface area contributed by atoms with Crippen molar-refractivity contribution < 1.29 is 35.9 Å². The number of carbonyl (C=O) groups is 1. The third kappa shape index (κ3) is 5.92. The Bertz CT molecular complexity index is 1110. The molecule has 0 aromatic heterocycles. The summed E-state index contributed by atoms with van der Waals surface area (Å²) in [5.74, 6) is -9.92. The molecular weight excluding hydrogens is 578 g/mol. The standard InChI is InChI=1S/C27H33BrF6N2O2/c1-6-21(29)38-20-15-16(25(7-2,26(31,32)8-3)27(33,34)9-4)14-18(28)23(20)36-24(37)17-12-11-13-19(22(17)30)35-10-5/h11-15,21,35H,6-10H2,1-5H3,(H,36,37). The maximum absolute atomic E-state index is 15.4. The van der Waals surface area contributed by atoms with E-state index in [-0.39, 0.29) is 27.8 Å². The number of rotatable bonds is 13. The fourth-order valence-electron chi connectivity index (χ4n) is 4.49. The van der Waals surface area contributed by atoms with Gasteiger partial charge in [0.05, 0.1) is 16.9 Å². The second-order valence-corrected chi connectivity index (χ2v) is 9.65. The van der Waals surface area contributed by atoms with Gasteiger partial charge in [-0.15, -0.1) is 0 Å². The van der Waals surface area contributed by atoms with Crippen LogP contribution in [0.1, 0.15) is 76.2 Å². The van der Waals surface area contributed by atoms with Gasteiger partial charge in [-0.3, -0.25) is 4.79 Å². The van der Waals surface area contributed by atoms with Gasteiger partial charge in [-0.1, -0.05) is 33.8 Å². The number of halogens is 7. The van der Waals surface area contributed by atoms with Crippen molar-refractivity contribution in [3.63, 3.8) is 0 Å². The zero-order valence-corrected chi connectivity index (χ0v) is 23.5. The van der Waals surface area contributed by atoms with Crippen LogP contribution in [0.3, 0.4) is 0 Å². The third-order valence-corrected chi connectivity index (χ3v) is 7.26. The van der Waals surface area contributed by atoms with Gasteiger partial charge in [0.15, 0.2) is 5.82 Å². The van der Waals surface area contributed by atoms with Crippen LogP contribution in [-0.4, -0.2) is 30.7 Å². The maximum Gasteiger partial charge on any atom is 0.263 e. The number of alkyl halides is 5. The number of nitrogens with one attached hydrogen (secondary N) is 2. The zero-order chi connectivity index (χ0) is 28.9. The lowest BCUT2D eigenvalue weighted by Gasteiger charge is -2.45. The fourth-order valence-corrected chi connectivity index (χ4v) is 5.03. The molecule has 2 aromatic rings. The highest BCUT2D eigenvalue weighted by atomic mass is 79.9. The fraction of sp³-hybridized carbons (Fsp3) is 0.519. The first-order chi connectivity index (χ1) is 17.8. The van der Waals surface area contributed by atoms with E-state index in [0.29, 0.717) is 6.54 Å². The highest BCUT2D eigenvalue weighted by Crippen LogP contribution is 2.57. The molecule has 1 amide bonds. The molecule has 2 N–H and O–H groups in total. The smallest absolute Gasteiger partial charge is 0.263 e. The van der Waals surface area contributed by atoms with E-state index in [0.717, 1.165) is 26.0 Å². The van der Waals surface area contributed by atoms with Gasteiger partial charge < -0.3 is 15.4 Å². The first-order valence-electron chi connectivity index (χ1n) is 12.5. The van der Waals surface area contributed by atoms with E-state index in [4.69, 9.17) is 4.74 Å². The summed E-state index contributed by atoms with van der Waals surface area (Å²) in [6, 6.07) is 6.07. The van der Waals surface area contributed by atoms with Crippen LogP contribution >= 0.6 is 15.9 Å². The highest BCUT2D eigenvalue weighted by Gasteiger charge is 2.66. The minimum Gasteiger partial charge on any atom is -0.458 e. The van der Waals surface area contributed by atoms with Gasteiger partial charge in [-0.05, 0) is 59.1 Å². The summed E-state index contributed by atoms with van der Waals surface area (Å²) in [6.07, 6.45) is -4.46. The van der Waals surface area contributed by atoms with Crippen molar-refractivity contribution in [2.75, 3.05) is 17.2 Å². The second-order valence-electron chi connectivity index (χ2n) is 8.79. The van der Waals surface area contributed by atoms with Crippen LogP contribution in [-0.2, 0) is 5.41 Å². The average molecular weight is 611 g/mol. The summed E-state index contributed by atoms with van der Waals surface area (Å²) in [5, 5.41) is 5.20. The Labute approximate surface area is 227 Å². The monoisotopic (exact) mass is 610 g/mol. The Morgan fingerprint density at radius 2 is 1.61 bits per heavy atom. The Kier molecular flexibility index (Phi) is 10.6. The van der Waals surface area contributed by atoms with Gasteiger partial charge in [0.25, 0.3) is 17.8 Å². The van der Waals surface area contributed by atoms with Crippen LogP contribution in [0.4, 0.5) is 37.7 Å². The molecule has 0 spiro atoms. The number of carbonyl (C=O) groups excluding carboxylic acids is 1. The van der Waals surface area contributed by atoms with Crippen LogP contribution in [0, 0.1) is 5.82 Å². The van der Waals surface area contributed by atoms with Gasteiger partial charge in [0.2, 0.25) is 6.36 Å². The third-order valence-electron chi connectivity index (χ3n) is 6.64. The second kappa shape index (κ2) is 12.6. The molecule has 0 aliphatic carbocycles. The topological polar surface area (TPSA) is 50.4 Å². The molecule has 0 aliphatic heterocycles. The number of ether oxygens (including phenoxy) is 1. The van der Waals surface area contributed by atoms with Gasteiger partial charge in [0, 0.05) is 30.3 Å². The Balaban J connectivity index is 2.75. The molecule has 2 rings (SSSR count). The lowest BCUT2D eigenvalue weighted by molar-refractivity contribution is -0.200. The van der Waals surface area contributed by atoms with E-state index >= 15 is 17.6 Å². The molecule has 0 saturated heterocycles. The van der Waals surface area contributed by atoms with E-state index < -0.39 is 65.9 Å². The van der Waals surface area contributed by atoms with Crippen molar-refractivity contribution in [3.05, 3.63) is 51.7 Å². The molecule has 11 heteroatoms. The van der Waals surface area contributed by atoms with Crippen LogP contribution in [0.2, 0.25) is 0 Å². The minimum absolute atomic E-state index is 0.0807. The predicted octanol–water partition coefficient (Wildman–Crippen LogP) is 9.10. The first-order valence-corrected chi connectivity index (χ1v) is 13.3. The van der Waals surface area contributed by atoms with Crippen LogP contribution in [0.25, 0.3) is 0 Å². The molecule has 1 atom stereocenters. The van der Waals surface area contributed by atoms with Crippen LogP contribution in [0.5, 0.6) is 5.75 Å². The van der Waals surface area contributed by atoms with E-state index in [1.807, 2.05) is 0 Å². The van der Waals surface area contributed by atoms with Crippen molar-refractivity contribution in [2.45, 2.75) is 83.9 Å². The Hall–Kier alpha value is -2.43. The van der Waals surface area contributed by atoms with Gasteiger partial charge in [-0.25, -0.2) is 26.3 Å². The zero-order valence-electron chi connectivity index (χ0n) is 22.0. The molecule has 0 bridgehead atoms. The molecule has 0 saturated carbocycles. The van der Waals surface area contributed by atoms with E-state index in [1.54, 1.807) is 6.92 Å². The highest BCUT2D eigenvalue weighted by molar-refractivity contribution is 9.10. The molecule has 0 radical (unpaired) electrons. The normalized spacial score (nSPS) is 13.3. The van der Waals surface area contributed by atoms with Gasteiger partial charge >= 0.3 is 0 Å². The van der Waals surface area contributed by atoms with E-state index in [1.165, 1.54) is 32.0 Å². The Morgan fingerprint density at radius 3 is 2.11 bits per heavy atom. The summed E-state index contributed by atoms with van der Waals surface area (Å²) < 4.78 is 96.0. The van der Waals surface area contributed by atoms with Crippen molar-refractivity contribution in [3.8, 4) is 5.75 Å². The van der Waals surface area contributed by atoms with Crippen LogP contribution in [0.15, 0.2) is 34.8 Å². The molecule has 212 valence electrons. The minimum atomic E-state index is -3.85. The van der Waals surface area contributed by atoms with Crippen molar-refractivity contribution in [2.24, 2.45) is 0 Å². The quantitative estimate of drug-likeness (QED) is 0.222. The largest absolute Gasteiger partial charge is 0.458 e. The lowest BCUT2D eigenvalue weighted by atomic mass is 9.66. The molecule has 0 heterocycles. The summed E-state index contributed by atoms with van der Waals surface area (Å²) in [7, 11) is 0. The summed E-state index contributed by atoms with van der Waals surface area (Å²) in [4.78, 5) is 13.0. The molecule has 0 aliphatic rings. The predicted molar refractivity (Wildman–Crippen MR) is 141 cm³/mol. The first kappa shape index (κ1) is 31.8. The van der Waals surface area contributed by atoms with Crippen molar-refractivity contribution >= 4 is 33.2 Å². The number of benzene rings is 2. The van der Waals surface area contributed by atoms with Crippen LogP contribution < -0.4 is 15.4 Å². The van der Waals surface area contributed by atoms with E-state index in [9.17, 15) is 13.6 Å². The molecular formula is C27H33BrF6N2O2. The molecule has 4 nitrogen and oxygen atoms in total. The number of hydrogen-bond donors (Lipinski definition) is 2. The number of anilines is 2.